The fraction of sp³-hybridized carbons (Fsp3) is 0.263. The number of hydrazone groups is 1. The first-order chi connectivity index (χ1) is 11.6. The number of nitrogens with one attached hydrogen (secondary N) is 1. The molecule has 0 saturated carbocycles. The maximum absolute atomic E-state index is 12.6. The number of nitrogens with zero attached hydrogens (tertiary/aromatic N) is 1. The molecule has 3 nitrogen and oxygen atoms in total. The molecule has 1 amide bonds. The third-order valence-corrected chi connectivity index (χ3v) is 5.35. The minimum atomic E-state index is -0.115. The molecule has 1 heterocycles. The topological polar surface area (TPSA) is 41.5 Å². The molecule has 1 N–H and O–H groups in total. The third-order valence-electron chi connectivity index (χ3n) is 4.29. The highest BCUT2D eigenvalue weighted by atomic mass is 35.5. The molecule has 3 rings (SSSR count). The normalized spacial score (nSPS) is 20.8. The summed E-state index contributed by atoms with van der Waals surface area (Å²) >= 11 is 7.57. The lowest BCUT2D eigenvalue weighted by Gasteiger charge is -2.29. The Morgan fingerprint density at radius 1 is 1.33 bits per heavy atom. The maximum Gasteiger partial charge on any atom is 0.244 e. The number of amides is 1. The fourth-order valence-corrected chi connectivity index (χ4v) is 3.73. The number of carbonyl (C=O) groups is 1. The Balaban J connectivity index is 1.73. The highest BCUT2D eigenvalue weighted by Crippen LogP contribution is 2.38. The van der Waals surface area contributed by atoms with Gasteiger partial charge in [-0.3, -0.25) is 4.79 Å². The third kappa shape index (κ3) is 4.13. The minimum Gasteiger partial charge on any atom is -0.273 e. The van der Waals surface area contributed by atoms with Gasteiger partial charge in [-0.25, -0.2) is 5.43 Å². The molecule has 0 unspecified atom stereocenters. The summed E-state index contributed by atoms with van der Waals surface area (Å²) in [5.41, 5.74) is 5.17. The van der Waals surface area contributed by atoms with Crippen molar-refractivity contribution in [3.63, 3.8) is 0 Å². The number of rotatable bonds is 4. The summed E-state index contributed by atoms with van der Waals surface area (Å²) in [6.07, 6.45) is 5.46. The lowest BCUT2D eigenvalue weighted by molar-refractivity contribution is -0.125. The van der Waals surface area contributed by atoms with Crippen molar-refractivity contribution in [1.29, 1.82) is 0 Å². The van der Waals surface area contributed by atoms with E-state index in [1.807, 2.05) is 41.8 Å². The summed E-state index contributed by atoms with van der Waals surface area (Å²) < 4.78 is 0. The van der Waals surface area contributed by atoms with E-state index in [-0.39, 0.29) is 17.7 Å². The molecule has 1 aromatic carbocycles. The molecule has 0 fully saturated rings. The van der Waals surface area contributed by atoms with E-state index in [2.05, 4.69) is 23.5 Å². The Morgan fingerprint density at radius 3 is 2.83 bits per heavy atom. The molecule has 124 valence electrons. The Labute approximate surface area is 151 Å². The Morgan fingerprint density at radius 2 is 2.12 bits per heavy atom. The smallest absolute Gasteiger partial charge is 0.244 e. The molecule has 0 spiro atoms. The molecule has 1 aliphatic rings. The van der Waals surface area contributed by atoms with Gasteiger partial charge in [-0.05, 0) is 54.8 Å². The number of hydrogen-bond acceptors (Lipinski definition) is 3. The summed E-state index contributed by atoms with van der Waals surface area (Å²) in [5, 5.41) is 6.79. The Bertz CT molecular complexity index is 750. The lowest BCUT2D eigenvalue weighted by Crippen LogP contribution is -2.32. The molecular weight excluding hydrogens is 340 g/mol. The van der Waals surface area contributed by atoms with Crippen LogP contribution in [0.15, 0.2) is 58.5 Å². The van der Waals surface area contributed by atoms with E-state index < -0.39 is 0 Å². The largest absolute Gasteiger partial charge is 0.273 e. The van der Waals surface area contributed by atoms with E-state index in [0.29, 0.717) is 5.02 Å². The van der Waals surface area contributed by atoms with Crippen LogP contribution >= 0.6 is 22.9 Å². The molecule has 0 saturated heterocycles. The highest BCUT2D eigenvalue weighted by molar-refractivity contribution is 7.11. The average Bonchev–Trinajstić information content (AvgIpc) is 3.09. The average molecular weight is 359 g/mol. The van der Waals surface area contributed by atoms with E-state index in [1.165, 1.54) is 5.57 Å². The molecule has 2 aromatic rings. The van der Waals surface area contributed by atoms with Crippen molar-refractivity contribution in [3.8, 4) is 0 Å². The first-order valence-electron chi connectivity index (χ1n) is 7.91. The predicted molar refractivity (Wildman–Crippen MR) is 101 cm³/mol. The van der Waals surface area contributed by atoms with Crippen molar-refractivity contribution in [2.24, 2.45) is 11.0 Å². The zero-order chi connectivity index (χ0) is 16.9. The number of allylic oxidation sites excluding steroid dienone is 2. The van der Waals surface area contributed by atoms with Crippen LogP contribution in [0.1, 0.15) is 36.1 Å². The van der Waals surface area contributed by atoms with Crippen LogP contribution in [0, 0.1) is 5.92 Å². The lowest BCUT2D eigenvalue weighted by atomic mass is 9.75. The summed E-state index contributed by atoms with van der Waals surface area (Å²) in [6.45, 7) is 2.12. The van der Waals surface area contributed by atoms with Crippen LogP contribution < -0.4 is 5.43 Å². The van der Waals surface area contributed by atoms with Gasteiger partial charge in [0.15, 0.2) is 0 Å². The van der Waals surface area contributed by atoms with E-state index in [0.717, 1.165) is 23.3 Å². The van der Waals surface area contributed by atoms with Gasteiger partial charge in [0.05, 0.1) is 12.1 Å². The van der Waals surface area contributed by atoms with Crippen LogP contribution in [0.2, 0.25) is 5.02 Å². The van der Waals surface area contributed by atoms with Crippen LogP contribution in [-0.4, -0.2) is 12.1 Å². The van der Waals surface area contributed by atoms with E-state index in [9.17, 15) is 4.79 Å². The maximum atomic E-state index is 12.6. The van der Waals surface area contributed by atoms with Crippen molar-refractivity contribution in [2.75, 3.05) is 0 Å². The van der Waals surface area contributed by atoms with Crippen LogP contribution in [0.3, 0.4) is 0 Å². The summed E-state index contributed by atoms with van der Waals surface area (Å²) in [6, 6.07) is 11.7. The number of carbonyl (C=O) groups excluding carboxylic acids is 1. The van der Waals surface area contributed by atoms with Crippen molar-refractivity contribution in [2.45, 2.75) is 25.7 Å². The molecule has 5 heteroatoms. The zero-order valence-electron chi connectivity index (χ0n) is 13.4. The first kappa shape index (κ1) is 16.9. The van der Waals surface area contributed by atoms with Gasteiger partial charge in [0, 0.05) is 9.90 Å². The number of hydrogen-bond donors (Lipinski definition) is 1. The van der Waals surface area contributed by atoms with Gasteiger partial charge in [0.25, 0.3) is 0 Å². The van der Waals surface area contributed by atoms with Crippen molar-refractivity contribution in [1.82, 2.24) is 5.43 Å². The minimum absolute atomic E-state index is 0.0356. The second kappa shape index (κ2) is 7.77. The second-order valence-corrected chi connectivity index (χ2v) is 7.42. The molecule has 0 radical (unpaired) electrons. The van der Waals surface area contributed by atoms with Crippen LogP contribution in [0.25, 0.3) is 0 Å². The molecule has 0 aliphatic heterocycles. The quantitative estimate of drug-likeness (QED) is 0.467. The molecule has 2 atom stereocenters. The van der Waals surface area contributed by atoms with Gasteiger partial charge >= 0.3 is 0 Å². The van der Waals surface area contributed by atoms with E-state index in [1.54, 1.807) is 17.6 Å². The standard InChI is InChI=1S/C19H19ClN2OS/c1-13-4-9-17(18(11-13)14-5-7-15(20)8-6-14)19(23)22-21-12-16-3-2-10-24-16/h2-8,10,12,17-18H,9,11H2,1H3,(H,22,23)/b21-12-/t17-,18+/m0/s1. The number of benzene rings is 1. The SMILES string of the molecule is CC1=CC[C@H](C(=O)N/N=C\c2cccs2)[C@@H](c2ccc(Cl)cc2)C1. The molecule has 1 aliphatic carbocycles. The van der Waals surface area contributed by atoms with Crippen LogP contribution in [0.5, 0.6) is 0 Å². The van der Waals surface area contributed by atoms with Gasteiger partial charge in [-0.1, -0.05) is 41.4 Å². The number of thiophene rings is 1. The fourth-order valence-electron chi connectivity index (χ4n) is 3.02. The van der Waals surface area contributed by atoms with E-state index >= 15 is 0 Å². The van der Waals surface area contributed by atoms with Crippen molar-refractivity contribution in [3.05, 3.63) is 68.9 Å². The van der Waals surface area contributed by atoms with Crippen molar-refractivity contribution >= 4 is 35.1 Å². The highest BCUT2D eigenvalue weighted by Gasteiger charge is 2.31. The summed E-state index contributed by atoms with van der Waals surface area (Å²) in [7, 11) is 0. The molecule has 1 aromatic heterocycles. The summed E-state index contributed by atoms with van der Waals surface area (Å²) in [4.78, 5) is 13.6. The molecular formula is C19H19ClN2OS. The van der Waals surface area contributed by atoms with Gasteiger partial charge in [0.2, 0.25) is 5.91 Å². The second-order valence-electron chi connectivity index (χ2n) is 6.00. The Kier molecular flexibility index (Phi) is 5.48. The van der Waals surface area contributed by atoms with Gasteiger partial charge in [-0.15, -0.1) is 11.3 Å². The Hall–Kier alpha value is -1.91. The van der Waals surface area contributed by atoms with Crippen LogP contribution in [-0.2, 0) is 4.79 Å². The van der Waals surface area contributed by atoms with Gasteiger partial charge < -0.3 is 0 Å². The molecule has 0 bridgehead atoms. The predicted octanol–water partition coefficient (Wildman–Crippen LogP) is 4.99. The van der Waals surface area contributed by atoms with Gasteiger partial charge in [-0.2, -0.15) is 5.10 Å². The number of halogens is 1. The zero-order valence-corrected chi connectivity index (χ0v) is 15.0. The first-order valence-corrected chi connectivity index (χ1v) is 9.17. The monoisotopic (exact) mass is 358 g/mol. The van der Waals surface area contributed by atoms with Crippen LogP contribution in [0.4, 0.5) is 0 Å². The van der Waals surface area contributed by atoms with Crippen molar-refractivity contribution < 1.29 is 4.79 Å². The van der Waals surface area contributed by atoms with E-state index in [4.69, 9.17) is 11.6 Å². The van der Waals surface area contributed by atoms with Gasteiger partial charge in [0.1, 0.15) is 0 Å². The summed E-state index contributed by atoms with van der Waals surface area (Å²) in [5.74, 6) is 0.00562. The molecule has 24 heavy (non-hydrogen) atoms.